The second kappa shape index (κ2) is 6.31. The van der Waals surface area contributed by atoms with E-state index < -0.39 is 0 Å². The molecule has 0 spiro atoms. The fourth-order valence-electron chi connectivity index (χ4n) is 2.77. The molecule has 1 fully saturated rings. The second-order valence-corrected chi connectivity index (χ2v) is 5.75. The number of nitrogens with zero attached hydrogens (tertiary/aromatic N) is 4. The van der Waals surface area contributed by atoms with E-state index in [1.807, 2.05) is 15.7 Å². The maximum absolute atomic E-state index is 11.9. The lowest BCUT2D eigenvalue weighted by Crippen LogP contribution is -2.50. The molecule has 1 aliphatic rings. The van der Waals surface area contributed by atoms with E-state index >= 15 is 0 Å². The number of hydrogen-bond acceptors (Lipinski definition) is 6. The predicted octanol–water partition coefficient (Wildman–Crippen LogP) is -0.267. The number of aryl methyl sites for hydroxylation is 1. The molecule has 2 aromatic rings. The molecule has 118 valence electrons. The minimum atomic E-state index is -0.378. The SMILES string of the molecule is CN1CCN(c2c(NCCCn3ccnc3)c(=O)c2=O)CC1. The van der Waals surface area contributed by atoms with Crippen LogP contribution in [0.2, 0.25) is 0 Å². The Labute approximate surface area is 128 Å². The van der Waals surface area contributed by atoms with Crippen molar-refractivity contribution in [2.24, 2.45) is 0 Å². The highest BCUT2D eigenvalue weighted by molar-refractivity contribution is 5.75. The van der Waals surface area contributed by atoms with Crippen LogP contribution in [0.5, 0.6) is 0 Å². The summed E-state index contributed by atoms with van der Waals surface area (Å²) in [6.07, 6.45) is 6.30. The largest absolute Gasteiger partial charge is 0.380 e. The summed E-state index contributed by atoms with van der Waals surface area (Å²) in [5, 5.41) is 3.14. The van der Waals surface area contributed by atoms with Gasteiger partial charge in [-0.05, 0) is 13.5 Å². The molecular weight excluding hydrogens is 282 g/mol. The Morgan fingerprint density at radius 2 is 1.95 bits per heavy atom. The molecule has 2 heterocycles. The van der Waals surface area contributed by atoms with E-state index in [9.17, 15) is 9.59 Å². The lowest BCUT2D eigenvalue weighted by Gasteiger charge is -2.35. The molecule has 7 heteroatoms. The summed E-state index contributed by atoms with van der Waals surface area (Å²) in [4.78, 5) is 31.9. The predicted molar refractivity (Wildman–Crippen MR) is 86.4 cm³/mol. The van der Waals surface area contributed by atoms with Gasteiger partial charge in [-0.15, -0.1) is 0 Å². The summed E-state index contributed by atoms with van der Waals surface area (Å²) in [6, 6.07) is 0. The number of piperazine rings is 1. The zero-order chi connectivity index (χ0) is 15.5. The average molecular weight is 303 g/mol. The lowest BCUT2D eigenvalue weighted by atomic mass is 10.1. The van der Waals surface area contributed by atoms with Crippen LogP contribution in [-0.2, 0) is 6.54 Å². The van der Waals surface area contributed by atoms with Crippen molar-refractivity contribution < 1.29 is 0 Å². The van der Waals surface area contributed by atoms with Crippen molar-refractivity contribution in [1.82, 2.24) is 14.5 Å². The van der Waals surface area contributed by atoms with Gasteiger partial charge in [0.25, 0.3) is 10.9 Å². The van der Waals surface area contributed by atoms with Gasteiger partial charge in [0, 0.05) is 51.7 Å². The molecule has 1 saturated heterocycles. The minimum Gasteiger partial charge on any atom is -0.380 e. The van der Waals surface area contributed by atoms with E-state index in [4.69, 9.17) is 0 Å². The summed E-state index contributed by atoms with van der Waals surface area (Å²) < 4.78 is 1.99. The first-order valence-electron chi connectivity index (χ1n) is 7.63. The number of nitrogens with one attached hydrogen (secondary N) is 1. The van der Waals surface area contributed by atoms with Gasteiger partial charge in [-0.25, -0.2) is 4.98 Å². The van der Waals surface area contributed by atoms with E-state index in [-0.39, 0.29) is 10.9 Å². The van der Waals surface area contributed by atoms with Gasteiger partial charge >= 0.3 is 0 Å². The highest BCUT2D eigenvalue weighted by Crippen LogP contribution is 2.21. The Balaban J connectivity index is 1.56. The molecule has 0 aliphatic carbocycles. The first-order chi connectivity index (χ1) is 10.7. The van der Waals surface area contributed by atoms with E-state index in [0.29, 0.717) is 17.9 Å². The minimum absolute atomic E-state index is 0.346. The Morgan fingerprint density at radius 1 is 1.18 bits per heavy atom. The maximum atomic E-state index is 11.9. The highest BCUT2D eigenvalue weighted by Gasteiger charge is 2.27. The zero-order valence-corrected chi connectivity index (χ0v) is 12.8. The first kappa shape index (κ1) is 14.8. The van der Waals surface area contributed by atoms with Gasteiger partial charge in [-0.2, -0.15) is 0 Å². The van der Waals surface area contributed by atoms with Crippen LogP contribution in [0.15, 0.2) is 28.3 Å². The molecule has 1 N–H and O–H groups in total. The number of rotatable bonds is 6. The summed E-state index contributed by atoms with van der Waals surface area (Å²) in [6.45, 7) is 4.93. The summed E-state index contributed by atoms with van der Waals surface area (Å²) in [5.74, 6) is 0. The molecule has 0 saturated carbocycles. The van der Waals surface area contributed by atoms with Crippen LogP contribution in [0.25, 0.3) is 0 Å². The monoisotopic (exact) mass is 303 g/mol. The van der Waals surface area contributed by atoms with Crippen LogP contribution in [0.3, 0.4) is 0 Å². The lowest BCUT2D eigenvalue weighted by molar-refractivity contribution is 0.312. The third kappa shape index (κ3) is 2.89. The molecule has 0 bridgehead atoms. The van der Waals surface area contributed by atoms with E-state index in [2.05, 4.69) is 22.2 Å². The molecule has 0 radical (unpaired) electrons. The van der Waals surface area contributed by atoms with Gasteiger partial charge in [-0.3, -0.25) is 9.59 Å². The second-order valence-electron chi connectivity index (χ2n) is 5.75. The fourth-order valence-corrected chi connectivity index (χ4v) is 2.77. The summed E-state index contributed by atoms with van der Waals surface area (Å²) >= 11 is 0. The van der Waals surface area contributed by atoms with Gasteiger partial charge < -0.3 is 19.7 Å². The molecule has 22 heavy (non-hydrogen) atoms. The molecular formula is C15H21N5O2. The number of hydrogen-bond donors (Lipinski definition) is 1. The van der Waals surface area contributed by atoms with E-state index in [1.165, 1.54) is 0 Å². The highest BCUT2D eigenvalue weighted by atomic mass is 16.2. The first-order valence-corrected chi connectivity index (χ1v) is 7.63. The normalized spacial score (nSPS) is 16.3. The van der Waals surface area contributed by atoms with Gasteiger partial charge in [0.05, 0.1) is 6.33 Å². The fraction of sp³-hybridized carbons (Fsp3) is 0.533. The van der Waals surface area contributed by atoms with E-state index in [1.54, 1.807) is 12.5 Å². The molecule has 1 aromatic carbocycles. The topological polar surface area (TPSA) is 70.5 Å². The van der Waals surface area contributed by atoms with Crippen molar-refractivity contribution in [2.75, 3.05) is 50.0 Å². The molecule has 0 atom stereocenters. The molecule has 0 amide bonds. The van der Waals surface area contributed by atoms with Crippen molar-refractivity contribution >= 4 is 11.4 Å². The average Bonchev–Trinajstić information content (AvgIpc) is 3.04. The van der Waals surface area contributed by atoms with Gasteiger partial charge in [0.2, 0.25) is 0 Å². The van der Waals surface area contributed by atoms with Crippen molar-refractivity contribution in [2.45, 2.75) is 13.0 Å². The van der Waals surface area contributed by atoms with Gasteiger partial charge in [-0.1, -0.05) is 0 Å². The Hall–Kier alpha value is -2.15. The smallest absolute Gasteiger partial charge is 0.253 e. The van der Waals surface area contributed by atoms with Crippen LogP contribution in [-0.4, -0.2) is 54.2 Å². The number of aromatic nitrogens is 2. The van der Waals surface area contributed by atoms with Crippen molar-refractivity contribution in [3.63, 3.8) is 0 Å². The standard InChI is InChI=1S/C15H21N5O2/c1-18-7-9-20(10-8-18)13-12(14(21)15(13)22)17-3-2-5-19-6-4-16-11-19/h4,6,11,17H,2-3,5,7-10H2,1H3. The van der Waals surface area contributed by atoms with Gasteiger partial charge in [0.15, 0.2) is 0 Å². The Bertz CT molecular complexity index is 679. The van der Waals surface area contributed by atoms with Crippen LogP contribution in [0, 0.1) is 0 Å². The van der Waals surface area contributed by atoms with Crippen LogP contribution in [0.4, 0.5) is 11.4 Å². The molecule has 0 unspecified atom stereocenters. The van der Waals surface area contributed by atoms with Crippen molar-refractivity contribution in [3.05, 3.63) is 39.2 Å². The van der Waals surface area contributed by atoms with Crippen molar-refractivity contribution in [1.29, 1.82) is 0 Å². The van der Waals surface area contributed by atoms with Gasteiger partial charge in [0.1, 0.15) is 11.4 Å². The Kier molecular flexibility index (Phi) is 4.24. The van der Waals surface area contributed by atoms with Crippen LogP contribution < -0.4 is 21.1 Å². The molecule has 1 aliphatic heterocycles. The molecule has 7 nitrogen and oxygen atoms in total. The Morgan fingerprint density at radius 3 is 2.64 bits per heavy atom. The third-order valence-electron chi connectivity index (χ3n) is 4.16. The van der Waals surface area contributed by atoms with E-state index in [0.717, 1.165) is 39.1 Å². The molecule has 1 aromatic heterocycles. The number of anilines is 2. The summed E-state index contributed by atoms with van der Waals surface area (Å²) in [5.41, 5.74) is 0.360. The maximum Gasteiger partial charge on any atom is 0.253 e. The number of imidazole rings is 1. The molecule has 3 rings (SSSR count). The van der Waals surface area contributed by atoms with Crippen LogP contribution >= 0.6 is 0 Å². The summed E-state index contributed by atoms with van der Waals surface area (Å²) in [7, 11) is 2.06. The zero-order valence-electron chi connectivity index (χ0n) is 12.8. The quantitative estimate of drug-likeness (QED) is 0.585. The van der Waals surface area contributed by atoms with Crippen molar-refractivity contribution in [3.8, 4) is 0 Å². The number of likely N-dealkylation sites (N-methyl/N-ethyl adjacent to an activating group) is 1. The van der Waals surface area contributed by atoms with Crippen LogP contribution in [0.1, 0.15) is 6.42 Å². The third-order valence-corrected chi connectivity index (χ3v) is 4.16.